The van der Waals surface area contributed by atoms with Gasteiger partial charge in [-0.3, -0.25) is 0 Å². The van der Waals surface area contributed by atoms with Gasteiger partial charge in [0.05, 0.1) is 5.02 Å². The molecule has 0 aromatic heterocycles. The van der Waals surface area contributed by atoms with Crippen LogP contribution in [0.2, 0.25) is 5.02 Å². The van der Waals surface area contributed by atoms with Crippen LogP contribution in [0.3, 0.4) is 0 Å². The average molecular weight is 364 g/mol. The van der Waals surface area contributed by atoms with Crippen LogP contribution < -0.4 is 10.1 Å². The monoisotopic (exact) mass is 363 g/mol. The topological polar surface area (TPSA) is 30.5 Å². The largest absolute Gasteiger partial charge is 0.489 e. The van der Waals surface area contributed by atoms with E-state index in [0.29, 0.717) is 13.2 Å². The van der Waals surface area contributed by atoms with Crippen molar-refractivity contribution in [2.75, 3.05) is 26.3 Å². The molecule has 0 radical (unpaired) electrons. The van der Waals surface area contributed by atoms with Gasteiger partial charge >= 0.3 is 6.18 Å². The van der Waals surface area contributed by atoms with Crippen molar-refractivity contribution in [1.82, 2.24) is 5.32 Å². The number of benzene rings is 1. The summed E-state index contributed by atoms with van der Waals surface area (Å²) in [5, 5.41) is 2.95. The second-order valence-corrected chi connectivity index (χ2v) is 6.80. The molecule has 2 atom stereocenters. The second-order valence-electron chi connectivity index (χ2n) is 6.40. The lowest BCUT2D eigenvalue weighted by molar-refractivity contribution is -0.139. The van der Waals surface area contributed by atoms with Crippen molar-refractivity contribution >= 4 is 11.6 Å². The summed E-state index contributed by atoms with van der Waals surface area (Å²) < 4.78 is 51.5. The molecule has 1 N–H and O–H groups in total. The highest BCUT2D eigenvalue weighted by atomic mass is 35.5. The Balaban J connectivity index is 1.88. The van der Waals surface area contributed by atoms with E-state index in [2.05, 4.69) is 5.32 Å². The number of nitrogens with one attached hydrogen (secondary N) is 1. The van der Waals surface area contributed by atoms with Gasteiger partial charge in [0.25, 0.3) is 0 Å². The molecule has 134 valence electrons. The molecular weight excluding hydrogens is 343 g/mol. The van der Waals surface area contributed by atoms with Gasteiger partial charge in [0, 0.05) is 31.6 Å². The van der Waals surface area contributed by atoms with Gasteiger partial charge in [-0.2, -0.15) is 13.2 Å². The molecule has 2 unspecified atom stereocenters. The van der Waals surface area contributed by atoms with Crippen molar-refractivity contribution in [1.29, 1.82) is 0 Å². The Morgan fingerprint density at radius 1 is 1.17 bits per heavy atom. The maximum absolute atomic E-state index is 13.4. The normalized spacial score (nSPS) is 24.1. The van der Waals surface area contributed by atoms with Gasteiger partial charge in [-0.25, -0.2) is 0 Å². The zero-order valence-electron chi connectivity index (χ0n) is 13.2. The van der Waals surface area contributed by atoms with Crippen molar-refractivity contribution in [3.8, 4) is 5.75 Å². The first kappa shape index (κ1) is 17.8. The molecule has 1 aromatic carbocycles. The predicted octanol–water partition coefficient (Wildman–Crippen LogP) is 4.14. The van der Waals surface area contributed by atoms with Crippen LogP contribution in [-0.2, 0) is 10.9 Å². The van der Waals surface area contributed by atoms with Gasteiger partial charge in [-0.1, -0.05) is 17.7 Å². The van der Waals surface area contributed by atoms with E-state index < -0.39 is 11.7 Å². The summed E-state index contributed by atoms with van der Waals surface area (Å²) in [6, 6.07) is 4.11. The zero-order chi connectivity index (χ0) is 17.2. The zero-order valence-corrected chi connectivity index (χ0v) is 14.0. The summed E-state index contributed by atoms with van der Waals surface area (Å²) in [6.45, 7) is 2.90. The van der Waals surface area contributed by atoms with Crippen molar-refractivity contribution in [2.24, 2.45) is 11.8 Å². The minimum Gasteiger partial charge on any atom is -0.489 e. The van der Waals surface area contributed by atoms with Crippen molar-refractivity contribution in [3.63, 3.8) is 0 Å². The standard InChI is InChI=1S/C17H21ClF3NO2/c18-13-2-1-3-14(15(13)17(19,20)21)24-16(12-4-7-22-10-12)11-5-8-23-9-6-11/h1-3,11-12,16,22H,4-10H2. The molecule has 0 aliphatic carbocycles. The van der Waals surface area contributed by atoms with Gasteiger partial charge in [0.2, 0.25) is 0 Å². The Labute approximate surface area is 144 Å². The van der Waals surface area contributed by atoms with Crippen LogP contribution in [0, 0.1) is 11.8 Å². The highest BCUT2D eigenvalue weighted by molar-refractivity contribution is 6.31. The number of halogens is 4. The summed E-state index contributed by atoms with van der Waals surface area (Å²) >= 11 is 5.81. The van der Waals surface area contributed by atoms with E-state index in [9.17, 15) is 13.2 Å². The fourth-order valence-corrected chi connectivity index (χ4v) is 3.88. The smallest absolute Gasteiger partial charge is 0.421 e. The summed E-state index contributed by atoms with van der Waals surface area (Å²) in [7, 11) is 0. The average Bonchev–Trinajstić information content (AvgIpc) is 3.06. The minimum absolute atomic E-state index is 0.168. The van der Waals surface area contributed by atoms with Crippen LogP contribution >= 0.6 is 11.6 Å². The first-order valence-corrected chi connectivity index (χ1v) is 8.65. The Bertz CT molecular complexity index is 555. The first-order valence-electron chi connectivity index (χ1n) is 8.27. The van der Waals surface area contributed by atoms with E-state index in [1.165, 1.54) is 18.2 Å². The van der Waals surface area contributed by atoms with E-state index >= 15 is 0 Å². The summed E-state index contributed by atoms with van der Waals surface area (Å²) in [6.07, 6.45) is -2.28. The predicted molar refractivity (Wildman–Crippen MR) is 85.4 cm³/mol. The Kier molecular flexibility index (Phi) is 5.57. The van der Waals surface area contributed by atoms with E-state index in [1.807, 2.05) is 0 Å². The molecule has 1 aromatic rings. The van der Waals surface area contributed by atoms with E-state index in [-0.39, 0.29) is 28.7 Å². The lowest BCUT2D eigenvalue weighted by Gasteiger charge is -2.35. The van der Waals surface area contributed by atoms with Gasteiger partial charge < -0.3 is 14.8 Å². The van der Waals surface area contributed by atoms with E-state index in [4.69, 9.17) is 21.1 Å². The van der Waals surface area contributed by atoms with Crippen LogP contribution in [0.15, 0.2) is 18.2 Å². The molecule has 2 aliphatic heterocycles. The first-order chi connectivity index (χ1) is 11.5. The van der Waals surface area contributed by atoms with Crippen LogP contribution in [0.25, 0.3) is 0 Å². The summed E-state index contributed by atoms with van der Waals surface area (Å²) in [5.74, 6) is 0.232. The maximum atomic E-state index is 13.4. The van der Waals surface area contributed by atoms with Gasteiger partial charge in [-0.05, 0) is 37.9 Å². The SMILES string of the molecule is FC(F)(F)c1c(Cl)cccc1OC(C1CCOCC1)C1CCNC1. The molecule has 0 amide bonds. The van der Waals surface area contributed by atoms with Crippen molar-refractivity contribution in [2.45, 2.75) is 31.5 Å². The number of alkyl halides is 3. The van der Waals surface area contributed by atoms with Crippen molar-refractivity contribution < 1.29 is 22.6 Å². The molecule has 3 nitrogen and oxygen atoms in total. The maximum Gasteiger partial charge on any atom is 0.421 e. The molecule has 2 saturated heterocycles. The second kappa shape index (κ2) is 7.50. The number of hydrogen-bond donors (Lipinski definition) is 1. The molecule has 0 saturated carbocycles. The lowest BCUT2D eigenvalue weighted by Crippen LogP contribution is -2.39. The summed E-state index contributed by atoms with van der Waals surface area (Å²) in [4.78, 5) is 0. The molecule has 2 aliphatic rings. The third-order valence-electron chi connectivity index (χ3n) is 4.82. The Morgan fingerprint density at radius 3 is 2.54 bits per heavy atom. The lowest BCUT2D eigenvalue weighted by atomic mass is 9.85. The Morgan fingerprint density at radius 2 is 1.92 bits per heavy atom. The number of hydrogen-bond acceptors (Lipinski definition) is 3. The molecule has 0 spiro atoms. The molecule has 2 heterocycles. The number of ether oxygens (including phenoxy) is 2. The van der Waals surface area contributed by atoms with Crippen LogP contribution in [0.1, 0.15) is 24.8 Å². The third kappa shape index (κ3) is 3.98. The molecule has 7 heteroatoms. The van der Waals surface area contributed by atoms with Gasteiger partial charge in [-0.15, -0.1) is 0 Å². The van der Waals surface area contributed by atoms with E-state index in [1.54, 1.807) is 0 Å². The van der Waals surface area contributed by atoms with E-state index in [0.717, 1.165) is 32.4 Å². The van der Waals surface area contributed by atoms with Crippen LogP contribution in [-0.4, -0.2) is 32.4 Å². The van der Waals surface area contributed by atoms with Crippen LogP contribution in [0.4, 0.5) is 13.2 Å². The highest BCUT2D eigenvalue weighted by Gasteiger charge is 2.40. The van der Waals surface area contributed by atoms with Crippen LogP contribution in [0.5, 0.6) is 5.75 Å². The number of rotatable bonds is 4. The molecular formula is C17H21ClF3NO2. The molecule has 3 rings (SSSR count). The highest BCUT2D eigenvalue weighted by Crippen LogP contribution is 2.42. The van der Waals surface area contributed by atoms with Gasteiger partial charge in [0.15, 0.2) is 0 Å². The molecule has 0 bridgehead atoms. The summed E-state index contributed by atoms with van der Waals surface area (Å²) in [5.41, 5.74) is -0.880. The van der Waals surface area contributed by atoms with Gasteiger partial charge in [0.1, 0.15) is 17.4 Å². The quantitative estimate of drug-likeness (QED) is 0.872. The minimum atomic E-state index is -4.54. The Hall–Kier alpha value is -0.980. The fraction of sp³-hybridized carbons (Fsp3) is 0.647. The fourth-order valence-electron chi connectivity index (χ4n) is 3.60. The van der Waals surface area contributed by atoms with Crippen molar-refractivity contribution in [3.05, 3.63) is 28.8 Å². The third-order valence-corrected chi connectivity index (χ3v) is 5.13. The molecule has 24 heavy (non-hydrogen) atoms. The molecule has 2 fully saturated rings.